The molecule has 0 radical (unpaired) electrons. The molecule has 100 valence electrons. The number of nitrogens with zero attached hydrogens (tertiary/aromatic N) is 2. The van der Waals surface area contributed by atoms with Crippen molar-refractivity contribution in [3.63, 3.8) is 0 Å². The standard InChI is InChI=1S/C15H24N2O/c1-12(2)17-11-16-10-14(17)15(18)13-8-6-4-3-5-7-9-13/h8,10-12,15,18H,3-7,9H2,1-2H3/b13-8+. The fourth-order valence-electron chi connectivity index (χ4n) is 2.61. The average molecular weight is 248 g/mol. The lowest BCUT2D eigenvalue weighted by Gasteiger charge is -2.20. The van der Waals surface area contributed by atoms with Crippen molar-refractivity contribution in [2.24, 2.45) is 0 Å². The maximum atomic E-state index is 10.6. The van der Waals surface area contributed by atoms with E-state index in [-0.39, 0.29) is 0 Å². The summed E-state index contributed by atoms with van der Waals surface area (Å²) in [4.78, 5) is 4.18. The van der Waals surface area contributed by atoms with Gasteiger partial charge < -0.3 is 9.67 Å². The molecule has 2 rings (SSSR count). The minimum absolute atomic E-state index is 0.339. The Morgan fingerprint density at radius 2 is 2.00 bits per heavy atom. The molecule has 0 saturated heterocycles. The molecule has 18 heavy (non-hydrogen) atoms. The van der Waals surface area contributed by atoms with E-state index in [4.69, 9.17) is 0 Å². The van der Waals surface area contributed by atoms with Gasteiger partial charge in [-0.25, -0.2) is 4.98 Å². The first-order valence-electron chi connectivity index (χ1n) is 7.09. The van der Waals surface area contributed by atoms with Gasteiger partial charge in [0, 0.05) is 6.04 Å². The zero-order valence-corrected chi connectivity index (χ0v) is 11.5. The Bertz CT molecular complexity index is 406. The zero-order valence-electron chi connectivity index (χ0n) is 11.5. The fourth-order valence-corrected chi connectivity index (χ4v) is 2.61. The van der Waals surface area contributed by atoms with Gasteiger partial charge in [0.15, 0.2) is 0 Å². The predicted octanol–water partition coefficient (Wildman–Crippen LogP) is 3.78. The largest absolute Gasteiger partial charge is 0.382 e. The molecule has 0 spiro atoms. The van der Waals surface area contributed by atoms with E-state index in [0.717, 1.165) is 18.5 Å². The van der Waals surface area contributed by atoms with Crippen molar-refractivity contribution < 1.29 is 5.11 Å². The third kappa shape index (κ3) is 3.02. The summed E-state index contributed by atoms with van der Waals surface area (Å²) in [7, 11) is 0. The Morgan fingerprint density at radius 3 is 2.78 bits per heavy atom. The molecule has 1 aliphatic carbocycles. The summed E-state index contributed by atoms with van der Waals surface area (Å²) in [6, 6.07) is 0.339. The highest BCUT2D eigenvalue weighted by molar-refractivity contribution is 5.19. The van der Waals surface area contributed by atoms with Crippen LogP contribution in [0.15, 0.2) is 24.2 Å². The molecule has 0 fully saturated rings. The third-order valence-electron chi connectivity index (χ3n) is 3.71. The lowest BCUT2D eigenvalue weighted by atomic mass is 9.95. The molecule has 3 heteroatoms. The SMILES string of the molecule is CC(C)n1cncc1C(O)/C1=C/CCCCCC1. The number of hydrogen-bond acceptors (Lipinski definition) is 2. The van der Waals surface area contributed by atoms with Crippen molar-refractivity contribution in [2.75, 3.05) is 0 Å². The van der Waals surface area contributed by atoms with Gasteiger partial charge in [-0.3, -0.25) is 0 Å². The van der Waals surface area contributed by atoms with E-state index in [1.165, 1.54) is 31.3 Å². The van der Waals surface area contributed by atoms with Crippen molar-refractivity contribution in [1.82, 2.24) is 9.55 Å². The highest BCUT2D eigenvalue weighted by Crippen LogP contribution is 2.29. The molecule has 1 aromatic rings. The van der Waals surface area contributed by atoms with E-state index in [9.17, 15) is 5.11 Å². The first-order chi connectivity index (χ1) is 8.70. The van der Waals surface area contributed by atoms with Gasteiger partial charge in [-0.2, -0.15) is 0 Å². The first kappa shape index (κ1) is 13.3. The predicted molar refractivity (Wildman–Crippen MR) is 73.4 cm³/mol. The second kappa shape index (κ2) is 6.19. The molecule has 1 aliphatic rings. The normalized spacial score (nSPS) is 22.1. The Kier molecular flexibility index (Phi) is 4.59. The van der Waals surface area contributed by atoms with Crippen LogP contribution in [-0.4, -0.2) is 14.7 Å². The summed E-state index contributed by atoms with van der Waals surface area (Å²) in [5.74, 6) is 0. The van der Waals surface area contributed by atoms with Gasteiger partial charge in [-0.15, -0.1) is 0 Å². The molecule has 1 atom stereocenters. The van der Waals surface area contributed by atoms with Crippen LogP contribution in [0.1, 0.15) is 70.2 Å². The summed E-state index contributed by atoms with van der Waals surface area (Å²) in [6.07, 6.45) is 12.5. The van der Waals surface area contributed by atoms with E-state index in [1.807, 2.05) is 6.33 Å². The molecular formula is C15H24N2O. The molecule has 1 aromatic heterocycles. The Labute approximate surface area is 110 Å². The van der Waals surface area contributed by atoms with Crippen LogP contribution in [-0.2, 0) is 0 Å². The molecule has 1 N–H and O–H groups in total. The number of aliphatic hydroxyl groups is 1. The summed E-state index contributed by atoms with van der Waals surface area (Å²) in [5.41, 5.74) is 2.11. The second-order valence-electron chi connectivity index (χ2n) is 5.45. The maximum Gasteiger partial charge on any atom is 0.117 e. The number of hydrogen-bond donors (Lipinski definition) is 1. The van der Waals surface area contributed by atoms with Crippen molar-refractivity contribution in [3.05, 3.63) is 29.9 Å². The van der Waals surface area contributed by atoms with Crippen molar-refractivity contribution in [1.29, 1.82) is 0 Å². The smallest absolute Gasteiger partial charge is 0.117 e. The van der Waals surface area contributed by atoms with Crippen LogP contribution >= 0.6 is 0 Å². The van der Waals surface area contributed by atoms with Gasteiger partial charge in [0.2, 0.25) is 0 Å². The van der Waals surface area contributed by atoms with Crippen LogP contribution in [0, 0.1) is 0 Å². The van der Waals surface area contributed by atoms with Crippen LogP contribution < -0.4 is 0 Å². The van der Waals surface area contributed by atoms with E-state index in [0.29, 0.717) is 6.04 Å². The zero-order chi connectivity index (χ0) is 13.0. The molecule has 1 heterocycles. The molecule has 0 bridgehead atoms. The Hall–Kier alpha value is -1.09. The van der Waals surface area contributed by atoms with Crippen LogP contribution in [0.2, 0.25) is 0 Å². The Morgan fingerprint density at radius 1 is 1.22 bits per heavy atom. The third-order valence-corrected chi connectivity index (χ3v) is 3.71. The summed E-state index contributed by atoms with van der Waals surface area (Å²) in [5, 5.41) is 10.6. The lowest BCUT2D eigenvalue weighted by Crippen LogP contribution is -2.11. The highest BCUT2D eigenvalue weighted by Gasteiger charge is 2.19. The van der Waals surface area contributed by atoms with Crippen molar-refractivity contribution >= 4 is 0 Å². The van der Waals surface area contributed by atoms with Gasteiger partial charge in [-0.1, -0.05) is 18.9 Å². The number of allylic oxidation sites excluding steroid dienone is 1. The van der Waals surface area contributed by atoms with Gasteiger partial charge >= 0.3 is 0 Å². The highest BCUT2D eigenvalue weighted by atomic mass is 16.3. The molecule has 3 nitrogen and oxygen atoms in total. The molecular weight excluding hydrogens is 224 g/mol. The topological polar surface area (TPSA) is 38.0 Å². The van der Waals surface area contributed by atoms with Gasteiger partial charge in [-0.05, 0) is 45.1 Å². The van der Waals surface area contributed by atoms with Crippen LogP contribution in [0.4, 0.5) is 0 Å². The lowest BCUT2D eigenvalue weighted by molar-refractivity contribution is 0.197. The average Bonchev–Trinajstić information content (AvgIpc) is 2.76. The van der Waals surface area contributed by atoms with Crippen LogP contribution in [0.25, 0.3) is 0 Å². The summed E-state index contributed by atoms with van der Waals surface area (Å²) < 4.78 is 2.06. The number of rotatable bonds is 3. The number of aliphatic hydroxyl groups excluding tert-OH is 1. The molecule has 0 amide bonds. The van der Waals surface area contributed by atoms with Gasteiger partial charge in [0.05, 0.1) is 18.2 Å². The molecule has 0 aromatic carbocycles. The fraction of sp³-hybridized carbons (Fsp3) is 0.667. The van der Waals surface area contributed by atoms with Crippen molar-refractivity contribution in [3.8, 4) is 0 Å². The second-order valence-corrected chi connectivity index (χ2v) is 5.45. The summed E-state index contributed by atoms with van der Waals surface area (Å²) >= 11 is 0. The van der Waals surface area contributed by atoms with Gasteiger partial charge in [0.1, 0.15) is 6.10 Å². The minimum Gasteiger partial charge on any atom is -0.382 e. The molecule has 0 aliphatic heterocycles. The monoisotopic (exact) mass is 248 g/mol. The van der Waals surface area contributed by atoms with Crippen LogP contribution in [0.5, 0.6) is 0 Å². The number of aromatic nitrogens is 2. The molecule has 1 unspecified atom stereocenters. The summed E-state index contributed by atoms with van der Waals surface area (Å²) in [6.45, 7) is 4.23. The van der Waals surface area contributed by atoms with E-state index in [2.05, 4.69) is 29.5 Å². The quantitative estimate of drug-likeness (QED) is 0.827. The van der Waals surface area contributed by atoms with Gasteiger partial charge in [0.25, 0.3) is 0 Å². The number of imidazole rings is 1. The Balaban J connectivity index is 2.18. The van der Waals surface area contributed by atoms with Crippen LogP contribution in [0.3, 0.4) is 0 Å². The van der Waals surface area contributed by atoms with Crippen molar-refractivity contribution in [2.45, 2.75) is 64.5 Å². The molecule has 0 saturated carbocycles. The first-order valence-corrected chi connectivity index (χ1v) is 7.09. The van der Waals surface area contributed by atoms with E-state index in [1.54, 1.807) is 6.20 Å². The maximum absolute atomic E-state index is 10.6. The minimum atomic E-state index is -0.479. The van der Waals surface area contributed by atoms with E-state index >= 15 is 0 Å². The van der Waals surface area contributed by atoms with E-state index < -0.39 is 6.10 Å².